The van der Waals surface area contributed by atoms with Crippen LogP contribution in [0.25, 0.3) is 0 Å². The summed E-state index contributed by atoms with van der Waals surface area (Å²) in [6, 6.07) is 2.90. The largest absolute Gasteiger partial charge is 0.505 e. The Morgan fingerprint density at radius 1 is 1.19 bits per heavy atom. The fourth-order valence-electron chi connectivity index (χ4n) is 3.06. The highest BCUT2D eigenvalue weighted by Crippen LogP contribution is 2.37. The van der Waals surface area contributed by atoms with E-state index in [0.717, 1.165) is 0 Å². The highest BCUT2D eigenvalue weighted by atomic mass is 32.1. The predicted octanol–water partition coefficient (Wildman–Crippen LogP) is 3.43. The van der Waals surface area contributed by atoms with Crippen LogP contribution in [0.3, 0.4) is 0 Å². The van der Waals surface area contributed by atoms with Gasteiger partial charge in [0, 0.05) is 28.4 Å². The first-order valence-corrected chi connectivity index (χ1v) is 8.89. The second kappa shape index (κ2) is 5.29. The normalized spacial score (nSPS) is 28.1. The predicted molar refractivity (Wildman–Crippen MR) is 90.7 cm³/mol. The van der Waals surface area contributed by atoms with Crippen LogP contribution in [-0.2, 0) is 9.31 Å². The summed E-state index contributed by atoms with van der Waals surface area (Å²) in [6.45, 7) is 11.9. The van der Waals surface area contributed by atoms with E-state index in [4.69, 9.17) is 9.31 Å². The molecule has 2 aliphatic rings. The number of anilines is 1. The molecule has 21 heavy (non-hydrogen) atoms. The minimum atomic E-state index is -0.264. The van der Waals surface area contributed by atoms with Crippen LogP contribution in [0.4, 0.5) is 5.69 Å². The van der Waals surface area contributed by atoms with Gasteiger partial charge in [-0.25, -0.2) is 0 Å². The monoisotopic (exact) mass is 307 g/mol. The van der Waals surface area contributed by atoms with Crippen LogP contribution in [-0.4, -0.2) is 30.9 Å². The van der Waals surface area contributed by atoms with E-state index in [2.05, 4.69) is 51.0 Å². The Hall–Kier alpha value is -0.515. The van der Waals surface area contributed by atoms with Crippen LogP contribution in [0.1, 0.15) is 53.9 Å². The van der Waals surface area contributed by atoms with Crippen molar-refractivity contribution in [3.05, 3.63) is 11.4 Å². The van der Waals surface area contributed by atoms with Gasteiger partial charge in [0.05, 0.1) is 11.2 Å². The van der Waals surface area contributed by atoms with Crippen molar-refractivity contribution in [1.82, 2.24) is 0 Å². The lowest BCUT2D eigenvalue weighted by atomic mass is 9.87. The molecule has 2 fully saturated rings. The lowest BCUT2D eigenvalue weighted by Crippen LogP contribution is -2.41. The van der Waals surface area contributed by atoms with E-state index in [9.17, 15) is 0 Å². The van der Waals surface area contributed by atoms with Crippen molar-refractivity contribution in [2.75, 3.05) is 11.4 Å². The number of piperidine rings is 1. The molecule has 0 bridgehead atoms. The molecule has 3 rings (SSSR count). The molecule has 0 amide bonds. The molecule has 1 aromatic heterocycles. The zero-order valence-electron chi connectivity index (χ0n) is 13.8. The fraction of sp³-hybridized carbons (Fsp3) is 0.750. The van der Waals surface area contributed by atoms with Crippen molar-refractivity contribution in [3.8, 4) is 0 Å². The number of hydrogen-bond donors (Lipinski definition) is 0. The molecule has 5 heteroatoms. The van der Waals surface area contributed by atoms with Crippen molar-refractivity contribution in [3.63, 3.8) is 0 Å². The maximum absolute atomic E-state index is 6.15. The van der Waals surface area contributed by atoms with Crippen LogP contribution in [0.5, 0.6) is 0 Å². The summed E-state index contributed by atoms with van der Waals surface area (Å²) in [6.07, 6.45) is 3.94. The highest BCUT2D eigenvalue weighted by Gasteiger charge is 2.52. The van der Waals surface area contributed by atoms with Gasteiger partial charge in [-0.3, -0.25) is 0 Å². The zero-order valence-corrected chi connectivity index (χ0v) is 14.6. The Balaban J connectivity index is 1.77. The Morgan fingerprint density at radius 2 is 1.86 bits per heavy atom. The van der Waals surface area contributed by atoms with E-state index < -0.39 is 0 Å². The third kappa shape index (κ3) is 2.76. The summed E-state index contributed by atoms with van der Waals surface area (Å²) in [5.41, 5.74) is 0.803. The number of thiophene rings is 1. The minimum absolute atomic E-state index is 0.228. The summed E-state index contributed by atoms with van der Waals surface area (Å²) in [5.74, 6) is 0. The molecule has 0 radical (unpaired) electrons. The van der Waals surface area contributed by atoms with E-state index in [1.54, 1.807) is 11.3 Å². The lowest BCUT2D eigenvalue weighted by molar-refractivity contribution is 0.00578. The van der Waals surface area contributed by atoms with Gasteiger partial charge < -0.3 is 14.2 Å². The molecule has 2 aliphatic heterocycles. The molecule has 1 atom stereocenters. The molecule has 1 aromatic rings. The van der Waals surface area contributed by atoms with Crippen molar-refractivity contribution in [2.24, 2.45) is 0 Å². The van der Waals surface area contributed by atoms with Gasteiger partial charge in [-0.2, -0.15) is 11.3 Å². The average Bonchev–Trinajstić information content (AvgIpc) is 2.94. The van der Waals surface area contributed by atoms with Crippen molar-refractivity contribution in [2.45, 2.75) is 71.1 Å². The van der Waals surface area contributed by atoms with Crippen molar-refractivity contribution < 1.29 is 9.31 Å². The highest BCUT2D eigenvalue weighted by molar-refractivity contribution is 7.21. The van der Waals surface area contributed by atoms with Crippen LogP contribution in [0.15, 0.2) is 11.4 Å². The standard InChI is InChI=1S/C16H26BNO2S/c1-12-8-6-7-9-18(12)13-10-14(21-11-13)17-19-15(2,3)16(4,5)20-17/h10-12H,6-9H2,1-5H3. The van der Waals surface area contributed by atoms with E-state index in [1.165, 1.54) is 36.3 Å². The zero-order chi connectivity index (χ0) is 15.3. The third-order valence-electron chi connectivity index (χ3n) is 5.23. The van der Waals surface area contributed by atoms with Crippen molar-refractivity contribution >= 4 is 28.9 Å². The summed E-state index contributed by atoms with van der Waals surface area (Å²) in [4.78, 5) is 2.52. The van der Waals surface area contributed by atoms with Crippen LogP contribution in [0.2, 0.25) is 0 Å². The molecular weight excluding hydrogens is 281 g/mol. The fourth-order valence-corrected chi connectivity index (χ4v) is 3.91. The second-order valence-electron chi connectivity index (χ2n) is 7.33. The first-order chi connectivity index (χ1) is 9.80. The molecule has 2 saturated heterocycles. The van der Waals surface area contributed by atoms with Crippen LogP contribution in [0, 0.1) is 0 Å². The molecular formula is C16H26BNO2S. The minimum Gasteiger partial charge on any atom is -0.399 e. The van der Waals surface area contributed by atoms with E-state index >= 15 is 0 Å². The molecule has 0 aromatic carbocycles. The summed E-state index contributed by atoms with van der Waals surface area (Å²) < 4.78 is 13.5. The van der Waals surface area contributed by atoms with Gasteiger partial charge in [0.25, 0.3) is 0 Å². The molecule has 3 nitrogen and oxygen atoms in total. The second-order valence-corrected chi connectivity index (χ2v) is 8.28. The molecule has 1 unspecified atom stereocenters. The van der Waals surface area contributed by atoms with E-state index in [1.807, 2.05) is 0 Å². The first kappa shape index (κ1) is 15.4. The Morgan fingerprint density at radius 3 is 2.48 bits per heavy atom. The molecule has 0 saturated carbocycles. The first-order valence-electron chi connectivity index (χ1n) is 8.01. The smallest absolute Gasteiger partial charge is 0.399 e. The van der Waals surface area contributed by atoms with Gasteiger partial charge in [0.2, 0.25) is 0 Å². The summed E-state index contributed by atoms with van der Waals surface area (Å²) in [5, 5.41) is 2.25. The van der Waals surface area contributed by atoms with Crippen molar-refractivity contribution in [1.29, 1.82) is 0 Å². The number of rotatable bonds is 2. The van der Waals surface area contributed by atoms with Gasteiger partial charge in [0.15, 0.2) is 0 Å². The van der Waals surface area contributed by atoms with Gasteiger partial charge in [-0.05, 0) is 59.9 Å². The van der Waals surface area contributed by atoms with Crippen LogP contribution < -0.4 is 9.68 Å². The third-order valence-corrected chi connectivity index (χ3v) is 6.17. The summed E-state index contributed by atoms with van der Waals surface area (Å²) in [7, 11) is -0.228. The summed E-state index contributed by atoms with van der Waals surface area (Å²) >= 11 is 1.75. The maximum Gasteiger partial charge on any atom is 0.505 e. The topological polar surface area (TPSA) is 21.7 Å². The average molecular weight is 307 g/mol. The lowest BCUT2D eigenvalue weighted by Gasteiger charge is -2.34. The molecule has 116 valence electrons. The van der Waals surface area contributed by atoms with E-state index in [0.29, 0.717) is 6.04 Å². The molecule has 3 heterocycles. The van der Waals surface area contributed by atoms with E-state index in [-0.39, 0.29) is 18.3 Å². The molecule has 0 aliphatic carbocycles. The molecule has 0 N–H and O–H groups in total. The van der Waals surface area contributed by atoms with Gasteiger partial charge in [-0.1, -0.05) is 0 Å². The van der Waals surface area contributed by atoms with Crippen LogP contribution >= 0.6 is 11.3 Å². The van der Waals surface area contributed by atoms with Gasteiger partial charge >= 0.3 is 7.12 Å². The molecule has 0 spiro atoms. The number of nitrogens with zero attached hydrogens (tertiary/aromatic N) is 1. The van der Waals surface area contributed by atoms with Gasteiger partial charge in [0.1, 0.15) is 0 Å². The Bertz CT molecular complexity index is 498. The quantitative estimate of drug-likeness (QED) is 0.781. The maximum atomic E-state index is 6.15. The Kier molecular flexibility index (Phi) is 3.87. The SMILES string of the molecule is CC1CCCCN1c1csc(B2OC(C)(C)C(C)(C)O2)c1. The van der Waals surface area contributed by atoms with Gasteiger partial charge in [-0.15, -0.1) is 0 Å². The Labute approximate surface area is 132 Å². The number of hydrogen-bond acceptors (Lipinski definition) is 4.